The van der Waals surface area contributed by atoms with Gasteiger partial charge in [-0.2, -0.15) is 0 Å². The lowest BCUT2D eigenvalue weighted by atomic mass is 10.1. The molecule has 0 N–H and O–H groups in total. The number of benzene rings is 1. The summed E-state index contributed by atoms with van der Waals surface area (Å²) in [6.45, 7) is 2.10. The highest BCUT2D eigenvalue weighted by Gasteiger charge is 2.18. The monoisotopic (exact) mass is 308 g/mol. The normalized spacial score (nSPS) is 11.6. The summed E-state index contributed by atoms with van der Waals surface area (Å²) in [5.41, 5.74) is 0.393. The highest BCUT2D eigenvalue weighted by atomic mass is 16.5. The fourth-order valence-electron chi connectivity index (χ4n) is 2.10. The largest absolute Gasteiger partial charge is 0.490 e. The molecule has 0 amide bonds. The van der Waals surface area contributed by atoms with Crippen molar-refractivity contribution in [2.24, 2.45) is 0 Å². The van der Waals surface area contributed by atoms with Crippen LogP contribution in [-0.2, 0) is 14.3 Å². The highest BCUT2D eigenvalue weighted by Crippen LogP contribution is 2.23. The molecule has 122 valence electrons. The summed E-state index contributed by atoms with van der Waals surface area (Å²) in [6, 6.07) is 6.97. The summed E-state index contributed by atoms with van der Waals surface area (Å²) in [7, 11) is 2.71. The Labute approximate surface area is 131 Å². The Morgan fingerprint density at radius 2 is 1.82 bits per heavy atom. The van der Waals surface area contributed by atoms with Gasteiger partial charge in [0.1, 0.15) is 11.3 Å². The SMILES string of the molecule is CCCCC(CCC(=O)OC)Oc1ccccc1C(=O)OC. The summed E-state index contributed by atoms with van der Waals surface area (Å²) in [6.07, 6.45) is 3.57. The van der Waals surface area contributed by atoms with E-state index in [9.17, 15) is 9.59 Å². The van der Waals surface area contributed by atoms with E-state index in [0.29, 0.717) is 24.2 Å². The average Bonchev–Trinajstić information content (AvgIpc) is 2.56. The minimum Gasteiger partial charge on any atom is -0.490 e. The van der Waals surface area contributed by atoms with E-state index in [1.54, 1.807) is 24.3 Å². The fourth-order valence-corrected chi connectivity index (χ4v) is 2.10. The number of hydrogen-bond donors (Lipinski definition) is 0. The zero-order chi connectivity index (χ0) is 16.4. The lowest BCUT2D eigenvalue weighted by Crippen LogP contribution is -2.20. The molecule has 1 aromatic rings. The molecule has 0 spiro atoms. The first-order valence-corrected chi connectivity index (χ1v) is 7.53. The van der Waals surface area contributed by atoms with Crippen molar-refractivity contribution in [3.63, 3.8) is 0 Å². The van der Waals surface area contributed by atoms with Gasteiger partial charge in [0.25, 0.3) is 0 Å². The van der Waals surface area contributed by atoms with Crippen molar-refractivity contribution in [3.8, 4) is 5.75 Å². The van der Waals surface area contributed by atoms with Crippen LogP contribution in [-0.4, -0.2) is 32.3 Å². The van der Waals surface area contributed by atoms with E-state index < -0.39 is 5.97 Å². The number of methoxy groups -OCH3 is 2. The molecule has 1 aromatic carbocycles. The van der Waals surface area contributed by atoms with Crippen molar-refractivity contribution in [1.82, 2.24) is 0 Å². The second-order valence-corrected chi connectivity index (χ2v) is 4.98. The summed E-state index contributed by atoms with van der Waals surface area (Å²) >= 11 is 0. The molecule has 0 heterocycles. The standard InChI is InChI=1S/C17H24O5/c1-4-5-8-13(11-12-16(18)20-2)22-15-10-7-6-9-14(15)17(19)21-3/h6-7,9-10,13H,4-5,8,11-12H2,1-3H3. The molecule has 0 aliphatic rings. The zero-order valence-corrected chi connectivity index (χ0v) is 13.5. The molecule has 5 heteroatoms. The van der Waals surface area contributed by atoms with E-state index in [2.05, 4.69) is 11.7 Å². The molecular weight excluding hydrogens is 284 g/mol. The van der Waals surface area contributed by atoms with E-state index in [1.165, 1.54) is 14.2 Å². The minimum absolute atomic E-state index is 0.134. The highest BCUT2D eigenvalue weighted by molar-refractivity contribution is 5.92. The number of carbonyl (C=O) groups is 2. The Morgan fingerprint density at radius 3 is 2.45 bits per heavy atom. The molecule has 0 bridgehead atoms. The van der Waals surface area contributed by atoms with Crippen LogP contribution in [0.25, 0.3) is 0 Å². The smallest absolute Gasteiger partial charge is 0.341 e. The molecular formula is C17H24O5. The summed E-state index contributed by atoms with van der Waals surface area (Å²) in [5, 5.41) is 0. The fraction of sp³-hybridized carbons (Fsp3) is 0.529. The third kappa shape index (κ3) is 5.76. The lowest BCUT2D eigenvalue weighted by Gasteiger charge is -2.20. The second-order valence-electron chi connectivity index (χ2n) is 4.98. The summed E-state index contributed by atoms with van der Waals surface area (Å²) in [5.74, 6) is -0.204. The van der Waals surface area contributed by atoms with Gasteiger partial charge in [-0.3, -0.25) is 4.79 Å². The number of para-hydroxylation sites is 1. The maximum atomic E-state index is 11.8. The number of hydrogen-bond acceptors (Lipinski definition) is 5. The van der Waals surface area contributed by atoms with Crippen LogP contribution in [0.3, 0.4) is 0 Å². The Balaban J connectivity index is 2.79. The van der Waals surface area contributed by atoms with Gasteiger partial charge in [0.15, 0.2) is 0 Å². The topological polar surface area (TPSA) is 61.8 Å². The Bertz CT molecular complexity index is 484. The van der Waals surface area contributed by atoms with Gasteiger partial charge >= 0.3 is 11.9 Å². The Hall–Kier alpha value is -2.04. The summed E-state index contributed by atoms with van der Waals surface area (Å²) < 4.78 is 15.4. The quantitative estimate of drug-likeness (QED) is 0.655. The molecule has 1 rings (SSSR count). The number of unbranched alkanes of at least 4 members (excludes halogenated alkanes) is 1. The van der Waals surface area contributed by atoms with Crippen molar-refractivity contribution in [2.75, 3.05) is 14.2 Å². The van der Waals surface area contributed by atoms with Gasteiger partial charge in [-0.1, -0.05) is 31.9 Å². The van der Waals surface area contributed by atoms with Gasteiger partial charge in [0.2, 0.25) is 0 Å². The predicted molar refractivity (Wildman–Crippen MR) is 83.0 cm³/mol. The van der Waals surface area contributed by atoms with Crippen molar-refractivity contribution < 1.29 is 23.8 Å². The Kier molecular flexibility index (Phi) is 8.04. The Morgan fingerprint density at radius 1 is 1.09 bits per heavy atom. The van der Waals surface area contributed by atoms with Crippen molar-refractivity contribution in [3.05, 3.63) is 29.8 Å². The van der Waals surface area contributed by atoms with Gasteiger partial charge in [-0.05, 0) is 25.0 Å². The van der Waals surface area contributed by atoms with Crippen molar-refractivity contribution >= 4 is 11.9 Å². The van der Waals surface area contributed by atoms with Gasteiger partial charge < -0.3 is 14.2 Å². The maximum absolute atomic E-state index is 11.8. The number of ether oxygens (including phenoxy) is 3. The first-order chi connectivity index (χ1) is 10.6. The minimum atomic E-state index is -0.433. The molecule has 0 radical (unpaired) electrons. The number of rotatable bonds is 9. The maximum Gasteiger partial charge on any atom is 0.341 e. The molecule has 0 fully saturated rings. The molecule has 0 aliphatic carbocycles. The van der Waals surface area contributed by atoms with Gasteiger partial charge in [0.05, 0.1) is 20.3 Å². The zero-order valence-electron chi connectivity index (χ0n) is 13.5. The van der Waals surface area contributed by atoms with E-state index >= 15 is 0 Å². The van der Waals surface area contributed by atoms with E-state index in [0.717, 1.165) is 19.3 Å². The molecule has 0 aliphatic heterocycles. The third-order valence-electron chi connectivity index (χ3n) is 3.36. The van der Waals surface area contributed by atoms with Crippen LogP contribution in [0.1, 0.15) is 49.4 Å². The van der Waals surface area contributed by atoms with Crippen molar-refractivity contribution in [1.29, 1.82) is 0 Å². The molecule has 22 heavy (non-hydrogen) atoms. The average molecular weight is 308 g/mol. The molecule has 0 aromatic heterocycles. The van der Waals surface area contributed by atoms with Gasteiger partial charge in [0, 0.05) is 6.42 Å². The van der Waals surface area contributed by atoms with Gasteiger partial charge in [-0.15, -0.1) is 0 Å². The molecule has 5 nitrogen and oxygen atoms in total. The molecule has 1 unspecified atom stereocenters. The van der Waals surface area contributed by atoms with Crippen LogP contribution in [0.4, 0.5) is 0 Å². The van der Waals surface area contributed by atoms with Crippen LogP contribution < -0.4 is 4.74 Å². The van der Waals surface area contributed by atoms with Gasteiger partial charge in [-0.25, -0.2) is 4.79 Å². The van der Waals surface area contributed by atoms with Crippen molar-refractivity contribution in [2.45, 2.75) is 45.1 Å². The second kappa shape index (κ2) is 9.82. The van der Waals surface area contributed by atoms with Crippen LogP contribution in [0, 0.1) is 0 Å². The van der Waals surface area contributed by atoms with Crippen LogP contribution in [0.15, 0.2) is 24.3 Å². The number of esters is 2. The van der Waals surface area contributed by atoms with E-state index in [-0.39, 0.29) is 12.1 Å². The van der Waals surface area contributed by atoms with E-state index in [1.807, 2.05) is 0 Å². The first-order valence-electron chi connectivity index (χ1n) is 7.53. The predicted octanol–water partition coefficient (Wildman–Crippen LogP) is 3.36. The molecule has 0 saturated heterocycles. The molecule has 1 atom stereocenters. The third-order valence-corrected chi connectivity index (χ3v) is 3.36. The number of carbonyl (C=O) groups excluding carboxylic acids is 2. The lowest BCUT2D eigenvalue weighted by molar-refractivity contribution is -0.141. The summed E-state index contributed by atoms with van der Waals surface area (Å²) in [4.78, 5) is 23.1. The van der Waals surface area contributed by atoms with Crippen LogP contribution >= 0.6 is 0 Å². The van der Waals surface area contributed by atoms with Crippen LogP contribution in [0.2, 0.25) is 0 Å². The van der Waals surface area contributed by atoms with Crippen LogP contribution in [0.5, 0.6) is 5.75 Å². The molecule has 0 saturated carbocycles. The first kappa shape index (κ1) is 18.0. The van der Waals surface area contributed by atoms with E-state index in [4.69, 9.17) is 9.47 Å².